The number of likely N-dealkylation sites (tertiary alicyclic amines) is 1. The van der Waals surface area contributed by atoms with Crippen LogP contribution < -0.4 is 5.32 Å². The third kappa shape index (κ3) is 3.42. The molecule has 6 nitrogen and oxygen atoms in total. The number of hydrogen-bond acceptors (Lipinski definition) is 3. The number of nitrogens with one attached hydrogen (secondary N) is 2. The molecule has 2 amide bonds. The van der Waals surface area contributed by atoms with E-state index in [1.807, 2.05) is 49.9 Å². The molecule has 24 heavy (non-hydrogen) atoms. The van der Waals surface area contributed by atoms with Crippen LogP contribution in [-0.4, -0.2) is 39.8 Å². The van der Waals surface area contributed by atoms with Gasteiger partial charge in [-0.15, -0.1) is 0 Å². The largest absolute Gasteiger partial charge is 0.342 e. The number of para-hydroxylation sites is 2. The van der Waals surface area contributed by atoms with Crippen molar-refractivity contribution in [2.45, 2.75) is 33.6 Å². The molecular formula is C18H24N4O2. The third-order valence-electron chi connectivity index (χ3n) is 4.43. The molecule has 6 heteroatoms. The molecule has 0 spiro atoms. The van der Waals surface area contributed by atoms with Gasteiger partial charge in [0.15, 0.2) is 0 Å². The van der Waals surface area contributed by atoms with Gasteiger partial charge in [0.25, 0.3) is 0 Å². The summed E-state index contributed by atoms with van der Waals surface area (Å²) in [6.07, 6.45) is 1.38. The van der Waals surface area contributed by atoms with E-state index in [0.29, 0.717) is 31.9 Å². The van der Waals surface area contributed by atoms with Gasteiger partial charge >= 0.3 is 0 Å². The Morgan fingerprint density at radius 3 is 2.50 bits per heavy atom. The number of imidazole rings is 1. The van der Waals surface area contributed by atoms with Crippen molar-refractivity contribution >= 4 is 28.8 Å². The Kier molecular flexibility index (Phi) is 4.30. The van der Waals surface area contributed by atoms with E-state index in [1.165, 1.54) is 0 Å². The van der Waals surface area contributed by atoms with Crippen LogP contribution in [0, 0.1) is 11.3 Å². The minimum absolute atomic E-state index is 0.0306. The molecule has 1 aromatic carbocycles. The Morgan fingerprint density at radius 2 is 1.88 bits per heavy atom. The van der Waals surface area contributed by atoms with Crippen molar-refractivity contribution in [3.63, 3.8) is 0 Å². The van der Waals surface area contributed by atoms with Crippen LogP contribution in [0.25, 0.3) is 11.0 Å². The molecule has 0 bridgehead atoms. The quantitative estimate of drug-likeness (QED) is 0.890. The SMILES string of the molecule is CC(C)(C)C(=O)N1CCC(C(=O)Nc2nc3ccccc3[nH]2)CC1. The lowest BCUT2D eigenvalue weighted by atomic mass is 9.91. The number of amides is 2. The maximum absolute atomic E-state index is 12.4. The van der Waals surface area contributed by atoms with Crippen molar-refractivity contribution < 1.29 is 9.59 Å². The standard InChI is InChI=1S/C18H24N4O2/c1-18(2,3)16(24)22-10-8-12(9-11-22)15(23)21-17-19-13-6-4-5-7-14(13)20-17/h4-7,12H,8-11H2,1-3H3,(H2,19,20,21,23). The lowest BCUT2D eigenvalue weighted by Gasteiger charge is -2.35. The van der Waals surface area contributed by atoms with Gasteiger partial charge in [-0.3, -0.25) is 14.9 Å². The van der Waals surface area contributed by atoms with E-state index in [1.54, 1.807) is 0 Å². The normalized spacial score (nSPS) is 16.4. The summed E-state index contributed by atoms with van der Waals surface area (Å²) in [4.78, 5) is 34.1. The van der Waals surface area contributed by atoms with Gasteiger partial charge in [0, 0.05) is 24.4 Å². The zero-order valence-electron chi connectivity index (χ0n) is 14.4. The molecule has 0 radical (unpaired) electrons. The number of carbonyl (C=O) groups is 2. The van der Waals surface area contributed by atoms with Crippen molar-refractivity contribution in [1.29, 1.82) is 0 Å². The van der Waals surface area contributed by atoms with Gasteiger partial charge in [-0.2, -0.15) is 0 Å². The number of benzene rings is 1. The van der Waals surface area contributed by atoms with Gasteiger partial charge in [0.05, 0.1) is 11.0 Å². The van der Waals surface area contributed by atoms with Crippen LogP contribution in [0.15, 0.2) is 24.3 Å². The van der Waals surface area contributed by atoms with Gasteiger partial charge in [-0.25, -0.2) is 4.98 Å². The molecule has 2 heterocycles. The summed E-state index contributed by atoms with van der Waals surface area (Å²) in [5.41, 5.74) is 1.36. The molecule has 3 rings (SSSR count). The van der Waals surface area contributed by atoms with E-state index in [4.69, 9.17) is 0 Å². The summed E-state index contributed by atoms with van der Waals surface area (Å²) < 4.78 is 0. The third-order valence-corrected chi connectivity index (χ3v) is 4.43. The number of hydrogen-bond donors (Lipinski definition) is 2. The number of fused-ring (bicyclic) bond motifs is 1. The smallest absolute Gasteiger partial charge is 0.229 e. The second-order valence-corrected chi connectivity index (χ2v) is 7.41. The Balaban J connectivity index is 1.58. The summed E-state index contributed by atoms with van der Waals surface area (Å²) in [7, 11) is 0. The molecule has 2 aromatic rings. The van der Waals surface area contributed by atoms with Crippen LogP contribution in [-0.2, 0) is 9.59 Å². The Labute approximate surface area is 141 Å². The number of nitrogens with zero attached hydrogens (tertiary/aromatic N) is 2. The molecule has 1 saturated heterocycles. The highest BCUT2D eigenvalue weighted by Crippen LogP contribution is 2.24. The molecule has 0 unspecified atom stereocenters. The van der Waals surface area contributed by atoms with E-state index < -0.39 is 0 Å². The van der Waals surface area contributed by atoms with Gasteiger partial charge in [0.1, 0.15) is 0 Å². The van der Waals surface area contributed by atoms with Crippen LogP contribution >= 0.6 is 0 Å². The first-order valence-electron chi connectivity index (χ1n) is 8.39. The second kappa shape index (κ2) is 6.26. The summed E-state index contributed by atoms with van der Waals surface area (Å²) in [6.45, 7) is 7.05. The predicted octanol–water partition coefficient (Wildman–Crippen LogP) is 2.79. The zero-order valence-corrected chi connectivity index (χ0v) is 14.4. The fourth-order valence-corrected chi connectivity index (χ4v) is 3.05. The van der Waals surface area contributed by atoms with Crippen molar-refractivity contribution in [1.82, 2.24) is 14.9 Å². The number of carbonyl (C=O) groups excluding carboxylic acids is 2. The summed E-state index contributed by atoms with van der Waals surface area (Å²) in [5.74, 6) is 0.521. The van der Waals surface area contributed by atoms with Gasteiger partial charge in [0.2, 0.25) is 17.8 Å². The van der Waals surface area contributed by atoms with Gasteiger partial charge in [-0.1, -0.05) is 32.9 Å². The topological polar surface area (TPSA) is 78.1 Å². The maximum atomic E-state index is 12.4. The predicted molar refractivity (Wildman–Crippen MR) is 93.5 cm³/mol. The van der Waals surface area contributed by atoms with Crippen LogP contribution in [0.4, 0.5) is 5.95 Å². The highest BCUT2D eigenvalue weighted by atomic mass is 16.2. The first-order valence-corrected chi connectivity index (χ1v) is 8.39. The van der Waals surface area contributed by atoms with Crippen LogP contribution in [0.1, 0.15) is 33.6 Å². The van der Waals surface area contributed by atoms with E-state index in [2.05, 4.69) is 15.3 Å². The Morgan fingerprint density at radius 1 is 1.21 bits per heavy atom. The van der Waals surface area contributed by atoms with Crippen LogP contribution in [0.2, 0.25) is 0 Å². The van der Waals surface area contributed by atoms with E-state index >= 15 is 0 Å². The van der Waals surface area contributed by atoms with Crippen molar-refractivity contribution in [2.24, 2.45) is 11.3 Å². The van der Waals surface area contributed by atoms with Gasteiger partial charge < -0.3 is 9.88 Å². The molecule has 2 N–H and O–H groups in total. The van der Waals surface area contributed by atoms with Crippen molar-refractivity contribution in [3.8, 4) is 0 Å². The van der Waals surface area contributed by atoms with E-state index in [0.717, 1.165) is 11.0 Å². The van der Waals surface area contributed by atoms with Crippen molar-refractivity contribution in [2.75, 3.05) is 18.4 Å². The molecule has 1 fully saturated rings. The van der Waals surface area contributed by atoms with E-state index in [9.17, 15) is 9.59 Å². The maximum Gasteiger partial charge on any atom is 0.229 e. The monoisotopic (exact) mass is 328 g/mol. The number of piperidine rings is 1. The fourth-order valence-electron chi connectivity index (χ4n) is 3.05. The first-order chi connectivity index (χ1) is 11.3. The number of aromatic amines is 1. The minimum Gasteiger partial charge on any atom is -0.342 e. The first kappa shape index (κ1) is 16.5. The van der Waals surface area contributed by atoms with Crippen LogP contribution in [0.5, 0.6) is 0 Å². The zero-order chi connectivity index (χ0) is 17.3. The fraction of sp³-hybridized carbons (Fsp3) is 0.500. The number of H-pyrrole nitrogens is 1. The minimum atomic E-state index is -0.372. The van der Waals surface area contributed by atoms with Gasteiger partial charge in [-0.05, 0) is 25.0 Å². The average molecular weight is 328 g/mol. The summed E-state index contributed by atoms with van der Waals surface area (Å²) >= 11 is 0. The number of anilines is 1. The second-order valence-electron chi connectivity index (χ2n) is 7.41. The van der Waals surface area contributed by atoms with Crippen LogP contribution in [0.3, 0.4) is 0 Å². The number of rotatable bonds is 2. The average Bonchev–Trinajstić information content (AvgIpc) is 2.95. The van der Waals surface area contributed by atoms with E-state index in [-0.39, 0.29) is 23.1 Å². The molecule has 0 saturated carbocycles. The van der Waals surface area contributed by atoms with Crippen molar-refractivity contribution in [3.05, 3.63) is 24.3 Å². The molecule has 0 aliphatic carbocycles. The summed E-state index contributed by atoms with van der Waals surface area (Å²) in [5, 5.41) is 2.87. The lowest BCUT2D eigenvalue weighted by Crippen LogP contribution is -2.45. The molecule has 1 aliphatic heterocycles. The molecular weight excluding hydrogens is 304 g/mol. The molecule has 1 aliphatic rings. The molecule has 128 valence electrons. The number of aromatic nitrogens is 2. The Bertz CT molecular complexity index is 719. The highest BCUT2D eigenvalue weighted by molar-refractivity contribution is 5.93. The lowest BCUT2D eigenvalue weighted by molar-refractivity contribution is -0.142. The molecule has 1 aromatic heterocycles. The Hall–Kier alpha value is -2.37. The molecule has 0 atom stereocenters. The highest BCUT2D eigenvalue weighted by Gasteiger charge is 2.32. The summed E-state index contributed by atoms with van der Waals surface area (Å²) in [6, 6.07) is 7.66.